The molecule has 0 amide bonds. The van der Waals surface area contributed by atoms with Gasteiger partial charge in [0, 0.05) is 18.2 Å². The van der Waals surface area contributed by atoms with E-state index in [1.807, 2.05) is 0 Å². The monoisotopic (exact) mass is 185 g/mol. The van der Waals surface area contributed by atoms with Crippen LogP contribution in [-0.2, 0) is 6.54 Å². The fourth-order valence-electron chi connectivity index (χ4n) is 1.07. The molecule has 13 heavy (non-hydrogen) atoms. The van der Waals surface area contributed by atoms with Gasteiger partial charge in [-0.25, -0.2) is 4.39 Å². The quantitative estimate of drug-likeness (QED) is 0.744. The van der Waals surface area contributed by atoms with Crippen molar-refractivity contribution in [3.8, 4) is 11.5 Å². The molecule has 0 aliphatic carbocycles. The van der Waals surface area contributed by atoms with Gasteiger partial charge in [-0.05, 0) is 13.1 Å². The van der Waals surface area contributed by atoms with Gasteiger partial charge >= 0.3 is 0 Å². The van der Waals surface area contributed by atoms with E-state index >= 15 is 0 Å². The van der Waals surface area contributed by atoms with Gasteiger partial charge in [-0.1, -0.05) is 0 Å². The van der Waals surface area contributed by atoms with Crippen molar-refractivity contribution in [1.29, 1.82) is 0 Å². The largest absolute Gasteiger partial charge is 0.508 e. The maximum atomic E-state index is 13.0. The standard InChI is InChI=1S/C9H12FNO2/c1-11-5-6-3-9(13-2)7(10)4-8(6)12/h3-4,11-12H,5H2,1-2H3. The van der Waals surface area contributed by atoms with Crippen LogP contribution in [0.3, 0.4) is 0 Å². The van der Waals surface area contributed by atoms with Crippen LogP contribution >= 0.6 is 0 Å². The second-order valence-corrected chi connectivity index (χ2v) is 2.65. The van der Waals surface area contributed by atoms with Crippen molar-refractivity contribution in [2.24, 2.45) is 0 Å². The number of rotatable bonds is 3. The molecule has 4 heteroatoms. The SMILES string of the molecule is CNCc1cc(OC)c(F)cc1O. The van der Waals surface area contributed by atoms with Crippen molar-refractivity contribution in [2.75, 3.05) is 14.2 Å². The summed E-state index contributed by atoms with van der Waals surface area (Å²) in [6.07, 6.45) is 0. The van der Waals surface area contributed by atoms with Gasteiger partial charge in [0.05, 0.1) is 7.11 Å². The predicted molar refractivity (Wildman–Crippen MR) is 47.4 cm³/mol. The van der Waals surface area contributed by atoms with Crippen molar-refractivity contribution >= 4 is 0 Å². The van der Waals surface area contributed by atoms with E-state index in [-0.39, 0.29) is 11.5 Å². The maximum absolute atomic E-state index is 13.0. The summed E-state index contributed by atoms with van der Waals surface area (Å²) in [4.78, 5) is 0. The molecular formula is C9H12FNO2. The summed E-state index contributed by atoms with van der Waals surface area (Å²) in [7, 11) is 3.13. The first kappa shape index (κ1) is 9.80. The first-order chi connectivity index (χ1) is 6.19. The second kappa shape index (κ2) is 4.09. The van der Waals surface area contributed by atoms with E-state index in [1.165, 1.54) is 13.2 Å². The van der Waals surface area contributed by atoms with Gasteiger partial charge < -0.3 is 15.2 Å². The van der Waals surface area contributed by atoms with Gasteiger partial charge in [-0.3, -0.25) is 0 Å². The number of halogens is 1. The average molecular weight is 185 g/mol. The highest BCUT2D eigenvalue weighted by molar-refractivity contribution is 5.40. The Morgan fingerprint density at radius 2 is 2.23 bits per heavy atom. The fraction of sp³-hybridized carbons (Fsp3) is 0.333. The number of nitrogens with one attached hydrogen (secondary N) is 1. The van der Waals surface area contributed by atoms with Crippen LogP contribution in [0.25, 0.3) is 0 Å². The van der Waals surface area contributed by atoms with Crippen molar-refractivity contribution in [3.05, 3.63) is 23.5 Å². The van der Waals surface area contributed by atoms with E-state index in [2.05, 4.69) is 5.32 Å². The Morgan fingerprint density at radius 1 is 1.54 bits per heavy atom. The Bertz CT molecular complexity index is 302. The van der Waals surface area contributed by atoms with Crippen LogP contribution in [0.1, 0.15) is 5.56 Å². The van der Waals surface area contributed by atoms with Crippen molar-refractivity contribution in [1.82, 2.24) is 5.32 Å². The Hall–Kier alpha value is -1.29. The van der Waals surface area contributed by atoms with E-state index in [0.29, 0.717) is 12.1 Å². The minimum atomic E-state index is -0.556. The second-order valence-electron chi connectivity index (χ2n) is 2.65. The molecule has 0 aliphatic rings. The van der Waals surface area contributed by atoms with Gasteiger partial charge in [-0.2, -0.15) is 0 Å². The Labute approximate surface area is 76.1 Å². The zero-order valence-corrected chi connectivity index (χ0v) is 7.60. The first-order valence-corrected chi connectivity index (χ1v) is 3.89. The summed E-state index contributed by atoms with van der Waals surface area (Å²) < 4.78 is 17.7. The highest BCUT2D eigenvalue weighted by Gasteiger charge is 2.08. The van der Waals surface area contributed by atoms with Crippen LogP contribution in [-0.4, -0.2) is 19.3 Å². The summed E-state index contributed by atoms with van der Waals surface area (Å²) in [5.74, 6) is -0.476. The van der Waals surface area contributed by atoms with Gasteiger partial charge in [0.1, 0.15) is 5.75 Å². The van der Waals surface area contributed by atoms with Crippen LogP contribution in [0.15, 0.2) is 12.1 Å². The highest BCUT2D eigenvalue weighted by Crippen LogP contribution is 2.26. The van der Waals surface area contributed by atoms with E-state index < -0.39 is 5.82 Å². The van der Waals surface area contributed by atoms with E-state index in [4.69, 9.17) is 4.74 Å². The summed E-state index contributed by atoms with van der Waals surface area (Å²) in [6.45, 7) is 0.475. The number of hydrogen-bond acceptors (Lipinski definition) is 3. The van der Waals surface area contributed by atoms with Crippen LogP contribution in [0.5, 0.6) is 11.5 Å². The van der Waals surface area contributed by atoms with Crippen LogP contribution in [0, 0.1) is 5.82 Å². The molecule has 2 N–H and O–H groups in total. The van der Waals surface area contributed by atoms with Gasteiger partial charge in [0.15, 0.2) is 11.6 Å². The Kier molecular flexibility index (Phi) is 3.08. The lowest BCUT2D eigenvalue weighted by molar-refractivity contribution is 0.380. The zero-order valence-electron chi connectivity index (χ0n) is 7.60. The lowest BCUT2D eigenvalue weighted by atomic mass is 10.2. The smallest absolute Gasteiger partial charge is 0.168 e. The number of phenolic OH excluding ortho intramolecular Hbond substituents is 1. The third kappa shape index (κ3) is 2.09. The number of aromatic hydroxyl groups is 1. The number of ether oxygens (including phenoxy) is 1. The predicted octanol–water partition coefficient (Wildman–Crippen LogP) is 1.26. The first-order valence-electron chi connectivity index (χ1n) is 3.89. The summed E-state index contributed by atoms with van der Waals surface area (Å²) >= 11 is 0. The molecule has 0 aliphatic heterocycles. The lowest BCUT2D eigenvalue weighted by Crippen LogP contribution is -2.05. The number of methoxy groups -OCH3 is 1. The molecule has 0 heterocycles. The minimum absolute atomic E-state index is 0.0624. The molecule has 0 fully saturated rings. The van der Waals surface area contributed by atoms with Crippen LogP contribution in [0.4, 0.5) is 4.39 Å². The van der Waals surface area contributed by atoms with Crippen molar-refractivity contribution < 1.29 is 14.2 Å². The lowest BCUT2D eigenvalue weighted by Gasteiger charge is -2.07. The molecule has 1 rings (SSSR count). The highest BCUT2D eigenvalue weighted by atomic mass is 19.1. The molecule has 0 bridgehead atoms. The van der Waals surface area contributed by atoms with E-state index in [1.54, 1.807) is 7.05 Å². The molecule has 0 aromatic heterocycles. The molecule has 0 radical (unpaired) electrons. The minimum Gasteiger partial charge on any atom is -0.508 e. The third-order valence-corrected chi connectivity index (χ3v) is 1.72. The van der Waals surface area contributed by atoms with Gasteiger partial charge in [-0.15, -0.1) is 0 Å². The summed E-state index contributed by atoms with van der Waals surface area (Å²) in [5, 5.41) is 12.2. The maximum Gasteiger partial charge on any atom is 0.168 e. The van der Waals surface area contributed by atoms with Crippen molar-refractivity contribution in [3.63, 3.8) is 0 Å². The number of phenols is 1. The molecular weight excluding hydrogens is 173 g/mol. The number of hydrogen-bond donors (Lipinski definition) is 2. The van der Waals surface area contributed by atoms with Crippen LogP contribution in [0.2, 0.25) is 0 Å². The van der Waals surface area contributed by atoms with Crippen molar-refractivity contribution in [2.45, 2.75) is 6.54 Å². The topological polar surface area (TPSA) is 41.5 Å². The Balaban J connectivity index is 3.06. The average Bonchev–Trinajstić information content (AvgIpc) is 2.10. The molecule has 1 aromatic rings. The molecule has 72 valence electrons. The molecule has 1 aromatic carbocycles. The molecule has 3 nitrogen and oxygen atoms in total. The molecule has 0 unspecified atom stereocenters. The summed E-state index contributed by atoms with van der Waals surface area (Å²) in [6, 6.07) is 2.52. The zero-order chi connectivity index (χ0) is 9.84. The van der Waals surface area contributed by atoms with Crippen LogP contribution < -0.4 is 10.1 Å². The number of benzene rings is 1. The normalized spacial score (nSPS) is 10.1. The third-order valence-electron chi connectivity index (χ3n) is 1.72. The van der Waals surface area contributed by atoms with Gasteiger partial charge in [0.25, 0.3) is 0 Å². The molecule has 0 saturated carbocycles. The molecule has 0 saturated heterocycles. The fourth-order valence-corrected chi connectivity index (χ4v) is 1.07. The van der Waals surface area contributed by atoms with E-state index in [0.717, 1.165) is 6.07 Å². The van der Waals surface area contributed by atoms with E-state index in [9.17, 15) is 9.50 Å². The molecule has 0 spiro atoms. The molecule has 0 atom stereocenters. The van der Waals surface area contributed by atoms with Gasteiger partial charge in [0.2, 0.25) is 0 Å². The Morgan fingerprint density at radius 3 is 2.77 bits per heavy atom. The summed E-state index contributed by atoms with van der Waals surface area (Å²) in [5.41, 5.74) is 0.612.